The highest BCUT2D eigenvalue weighted by atomic mass is 19.4. The van der Waals surface area contributed by atoms with Crippen LogP contribution < -0.4 is 10.5 Å². The van der Waals surface area contributed by atoms with Crippen molar-refractivity contribution in [1.29, 1.82) is 5.41 Å². The van der Waals surface area contributed by atoms with E-state index in [-0.39, 0.29) is 22.3 Å². The molecule has 1 amide bonds. The number of alkyl halides is 3. The second-order valence-corrected chi connectivity index (χ2v) is 4.53. The minimum Gasteiger partial charge on any atom is -0.495 e. The van der Waals surface area contributed by atoms with Crippen molar-refractivity contribution in [2.75, 3.05) is 14.2 Å². The molecule has 1 aromatic heterocycles. The summed E-state index contributed by atoms with van der Waals surface area (Å²) in [5, 5.41) is 7.01. The molecule has 118 valence electrons. The van der Waals surface area contributed by atoms with Crippen LogP contribution in [-0.2, 0) is 6.18 Å². The van der Waals surface area contributed by atoms with Gasteiger partial charge in [-0.2, -0.15) is 13.2 Å². The van der Waals surface area contributed by atoms with Crippen molar-refractivity contribution in [3.63, 3.8) is 0 Å². The molecule has 22 heavy (non-hydrogen) atoms. The van der Waals surface area contributed by atoms with Crippen LogP contribution in [0.4, 0.5) is 13.2 Å². The van der Waals surface area contributed by atoms with Crippen molar-refractivity contribution in [2.45, 2.75) is 6.18 Å². The lowest BCUT2D eigenvalue weighted by atomic mass is 10.1. The van der Waals surface area contributed by atoms with Gasteiger partial charge >= 0.3 is 6.18 Å². The molecule has 0 aliphatic heterocycles. The summed E-state index contributed by atoms with van der Waals surface area (Å²) in [7, 11) is 2.56. The number of fused-ring (bicyclic) bond motifs is 1. The van der Waals surface area contributed by atoms with Crippen LogP contribution in [0.5, 0.6) is 5.75 Å². The zero-order valence-electron chi connectivity index (χ0n) is 11.7. The number of aromatic amines is 1. The number of carbonyl (C=O) groups is 1. The summed E-state index contributed by atoms with van der Waals surface area (Å²) < 4.78 is 44.1. The van der Waals surface area contributed by atoms with Crippen LogP contribution in [0.25, 0.3) is 10.9 Å². The molecule has 1 aromatic carbocycles. The van der Waals surface area contributed by atoms with Crippen LogP contribution >= 0.6 is 0 Å². The lowest BCUT2D eigenvalue weighted by Gasteiger charge is -2.12. The Bertz CT molecular complexity index is 752. The number of methoxy groups -OCH3 is 1. The van der Waals surface area contributed by atoms with E-state index in [0.29, 0.717) is 0 Å². The summed E-state index contributed by atoms with van der Waals surface area (Å²) in [5.74, 6) is -1.07. The van der Waals surface area contributed by atoms with Crippen molar-refractivity contribution < 1.29 is 22.7 Å². The average molecular weight is 314 g/mol. The molecule has 2 aromatic rings. The third-order valence-electron chi connectivity index (χ3n) is 3.18. The van der Waals surface area contributed by atoms with Crippen LogP contribution in [0.15, 0.2) is 18.2 Å². The van der Waals surface area contributed by atoms with E-state index < -0.39 is 23.6 Å². The molecule has 2 rings (SSSR count). The fraction of sp³-hybridized carbons (Fsp3) is 0.231. The molecule has 0 radical (unpaired) electrons. The minimum absolute atomic E-state index is 0.0534. The molecule has 0 unspecified atom stereocenters. The smallest absolute Gasteiger partial charge is 0.417 e. The van der Waals surface area contributed by atoms with E-state index in [1.165, 1.54) is 20.2 Å². The summed E-state index contributed by atoms with van der Waals surface area (Å²) >= 11 is 0. The first kappa shape index (κ1) is 15.7. The number of nitrogens with one attached hydrogen (secondary N) is 2. The summed E-state index contributed by atoms with van der Waals surface area (Å²) in [4.78, 5) is 15.5. The second-order valence-electron chi connectivity index (χ2n) is 4.53. The monoisotopic (exact) mass is 314 g/mol. The minimum atomic E-state index is -4.57. The van der Waals surface area contributed by atoms with E-state index in [4.69, 9.17) is 15.9 Å². The molecule has 0 spiro atoms. The molecular weight excluding hydrogens is 301 g/mol. The molecule has 0 aliphatic rings. The number of aromatic nitrogens is 1. The van der Waals surface area contributed by atoms with Crippen LogP contribution in [0.1, 0.15) is 16.1 Å². The second kappa shape index (κ2) is 5.24. The van der Waals surface area contributed by atoms with Gasteiger partial charge in [-0.3, -0.25) is 15.1 Å². The SMILES string of the molecule is COc1ccc(C(F)(F)F)c2cc(C(=O)N(C)C(=N)N)[nH]c12. The van der Waals surface area contributed by atoms with E-state index >= 15 is 0 Å². The maximum Gasteiger partial charge on any atom is 0.417 e. The third-order valence-corrected chi connectivity index (χ3v) is 3.18. The summed E-state index contributed by atoms with van der Waals surface area (Å²) in [6.07, 6.45) is -4.57. The Kier molecular flexibility index (Phi) is 3.74. The standard InChI is InChI=1S/C13H13F3N4O2/c1-20(12(17)18)11(21)8-5-6-7(13(14,15)16)3-4-9(22-2)10(6)19-8/h3-5,19H,1-2H3,(H3,17,18). The molecule has 0 bridgehead atoms. The first-order chi connectivity index (χ1) is 10.2. The Morgan fingerprint density at radius 2 is 2.05 bits per heavy atom. The Morgan fingerprint density at radius 3 is 2.55 bits per heavy atom. The fourth-order valence-electron chi connectivity index (χ4n) is 2.02. The number of hydrogen-bond acceptors (Lipinski definition) is 3. The fourth-order valence-corrected chi connectivity index (χ4v) is 2.02. The number of nitrogens with zero attached hydrogens (tertiary/aromatic N) is 1. The van der Waals surface area contributed by atoms with Gasteiger partial charge in [-0.05, 0) is 18.2 Å². The van der Waals surface area contributed by atoms with Gasteiger partial charge in [0, 0.05) is 12.4 Å². The molecule has 0 atom stereocenters. The van der Waals surface area contributed by atoms with E-state index in [1.807, 2.05) is 0 Å². The van der Waals surface area contributed by atoms with Gasteiger partial charge in [-0.15, -0.1) is 0 Å². The molecule has 0 aliphatic carbocycles. The summed E-state index contributed by atoms with van der Waals surface area (Å²) in [5.41, 5.74) is 4.24. The van der Waals surface area contributed by atoms with E-state index in [0.717, 1.165) is 17.0 Å². The summed E-state index contributed by atoms with van der Waals surface area (Å²) in [6.45, 7) is 0. The van der Waals surface area contributed by atoms with Gasteiger partial charge in [-0.1, -0.05) is 0 Å². The first-order valence-electron chi connectivity index (χ1n) is 6.05. The number of carbonyl (C=O) groups excluding carboxylic acids is 1. The van der Waals surface area contributed by atoms with Gasteiger partial charge in [0.2, 0.25) is 0 Å². The molecule has 0 saturated carbocycles. The van der Waals surface area contributed by atoms with Crippen molar-refractivity contribution in [3.05, 3.63) is 29.5 Å². The Balaban J connectivity index is 2.66. The third kappa shape index (κ3) is 2.57. The Hall–Kier alpha value is -2.71. The van der Waals surface area contributed by atoms with E-state index in [1.54, 1.807) is 0 Å². The van der Waals surface area contributed by atoms with E-state index in [9.17, 15) is 18.0 Å². The molecule has 0 saturated heterocycles. The Morgan fingerprint density at radius 1 is 1.41 bits per heavy atom. The lowest BCUT2D eigenvalue weighted by Crippen LogP contribution is -2.38. The van der Waals surface area contributed by atoms with Gasteiger partial charge in [0.15, 0.2) is 5.96 Å². The largest absolute Gasteiger partial charge is 0.495 e. The highest BCUT2D eigenvalue weighted by Crippen LogP contribution is 2.38. The number of benzene rings is 1. The predicted octanol–water partition coefficient (Wildman–Crippen LogP) is 2.16. The maximum atomic E-state index is 13.0. The van der Waals surface area contributed by atoms with Crippen molar-refractivity contribution >= 4 is 22.8 Å². The number of H-pyrrole nitrogens is 1. The number of ether oxygens (including phenoxy) is 1. The number of nitrogens with two attached hydrogens (primary N) is 1. The highest BCUT2D eigenvalue weighted by Gasteiger charge is 2.34. The zero-order valence-corrected chi connectivity index (χ0v) is 11.7. The van der Waals surface area contributed by atoms with Crippen LogP contribution in [0.2, 0.25) is 0 Å². The molecular formula is C13H13F3N4O2. The number of hydrogen-bond donors (Lipinski definition) is 3. The Labute approximate surface area is 123 Å². The van der Waals surface area contributed by atoms with Crippen molar-refractivity contribution in [1.82, 2.24) is 9.88 Å². The maximum absolute atomic E-state index is 13.0. The van der Waals surface area contributed by atoms with Gasteiger partial charge in [0.05, 0.1) is 18.2 Å². The number of halogens is 3. The van der Waals surface area contributed by atoms with Gasteiger partial charge in [-0.25, -0.2) is 0 Å². The first-order valence-corrected chi connectivity index (χ1v) is 6.05. The summed E-state index contributed by atoms with van der Waals surface area (Å²) in [6, 6.07) is 3.13. The number of guanidine groups is 1. The lowest BCUT2D eigenvalue weighted by molar-refractivity contribution is -0.136. The number of rotatable bonds is 2. The van der Waals surface area contributed by atoms with E-state index in [2.05, 4.69) is 4.98 Å². The quantitative estimate of drug-likeness (QED) is 0.585. The average Bonchev–Trinajstić information content (AvgIpc) is 2.87. The topological polar surface area (TPSA) is 95.2 Å². The molecule has 0 fully saturated rings. The highest BCUT2D eigenvalue weighted by molar-refractivity contribution is 6.06. The molecule has 9 heteroatoms. The predicted molar refractivity (Wildman–Crippen MR) is 73.9 cm³/mol. The van der Waals surface area contributed by atoms with Crippen LogP contribution in [0, 0.1) is 5.41 Å². The van der Waals surface area contributed by atoms with Gasteiger partial charge in [0.1, 0.15) is 11.4 Å². The molecule has 1 heterocycles. The number of amides is 1. The van der Waals surface area contributed by atoms with Crippen LogP contribution in [0.3, 0.4) is 0 Å². The van der Waals surface area contributed by atoms with Crippen molar-refractivity contribution in [3.8, 4) is 5.75 Å². The van der Waals surface area contributed by atoms with Crippen molar-refractivity contribution in [2.24, 2.45) is 5.73 Å². The molecule has 4 N–H and O–H groups in total. The van der Waals surface area contributed by atoms with Crippen LogP contribution in [-0.4, -0.2) is 35.9 Å². The normalized spacial score (nSPS) is 11.5. The molecule has 6 nitrogen and oxygen atoms in total. The van der Waals surface area contributed by atoms with Gasteiger partial charge < -0.3 is 15.5 Å². The zero-order chi connectivity index (χ0) is 16.7. The van der Waals surface area contributed by atoms with Gasteiger partial charge in [0.25, 0.3) is 5.91 Å².